The van der Waals surface area contributed by atoms with Gasteiger partial charge >= 0.3 is 0 Å². The Morgan fingerprint density at radius 2 is 2.15 bits per heavy atom. The molecule has 2 unspecified atom stereocenters. The van der Waals surface area contributed by atoms with Crippen LogP contribution in [0.5, 0.6) is 0 Å². The monoisotopic (exact) mass is 293 g/mol. The SMILES string of the molecule is Cc1cc2c(cc1F)[nH]c(=S)n2C1CCN(C)CC1C. The molecule has 1 aliphatic rings. The smallest absolute Gasteiger partial charge is 0.178 e. The fraction of sp³-hybridized carbons (Fsp3) is 0.533. The van der Waals surface area contributed by atoms with Gasteiger partial charge in [0, 0.05) is 12.6 Å². The third-order valence-electron chi connectivity index (χ3n) is 4.39. The minimum atomic E-state index is -0.183. The molecule has 1 fully saturated rings. The Hall–Kier alpha value is -1.20. The Labute approximate surface area is 123 Å². The van der Waals surface area contributed by atoms with E-state index in [0.29, 0.717) is 22.3 Å². The standard InChI is InChI=1S/C15H20FN3S/c1-9-6-14-12(7-11(9)16)17-15(20)19(14)13-4-5-18(3)8-10(13)2/h6-7,10,13H,4-5,8H2,1-3H3,(H,17,20). The Morgan fingerprint density at radius 3 is 2.85 bits per heavy atom. The highest BCUT2D eigenvalue weighted by Crippen LogP contribution is 2.31. The van der Waals surface area contributed by atoms with Gasteiger partial charge in [0.1, 0.15) is 5.82 Å². The molecule has 1 aliphatic heterocycles. The summed E-state index contributed by atoms with van der Waals surface area (Å²) in [5, 5.41) is 0. The Morgan fingerprint density at radius 1 is 1.40 bits per heavy atom. The van der Waals surface area contributed by atoms with E-state index in [9.17, 15) is 4.39 Å². The zero-order chi connectivity index (χ0) is 14.4. The molecule has 0 spiro atoms. The second-order valence-corrected chi connectivity index (χ2v) is 6.40. The second kappa shape index (κ2) is 4.97. The van der Waals surface area contributed by atoms with E-state index in [1.54, 1.807) is 13.0 Å². The van der Waals surface area contributed by atoms with E-state index >= 15 is 0 Å². The molecule has 0 saturated carbocycles. The lowest BCUT2D eigenvalue weighted by Crippen LogP contribution is -2.37. The molecule has 3 nitrogen and oxygen atoms in total. The molecule has 0 amide bonds. The van der Waals surface area contributed by atoms with Gasteiger partial charge < -0.3 is 14.5 Å². The number of piperidine rings is 1. The lowest BCUT2D eigenvalue weighted by atomic mass is 9.94. The molecule has 0 radical (unpaired) electrons. The van der Waals surface area contributed by atoms with Gasteiger partial charge in [-0.15, -0.1) is 0 Å². The van der Waals surface area contributed by atoms with Crippen LogP contribution in [0.15, 0.2) is 12.1 Å². The lowest BCUT2D eigenvalue weighted by molar-refractivity contribution is 0.160. The number of halogens is 1. The van der Waals surface area contributed by atoms with Crippen molar-refractivity contribution in [1.29, 1.82) is 0 Å². The predicted molar refractivity (Wildman–Crippen MR) is 82.1 cm³/mol. The van der Waals surface area contributed by atoms with Crippen LogP contribution in [0.2, 0.25) is 0 Å². The molecule has 3 rings (SSSR count). The number of H-pyrrole nitrogens is 1. The van der Waals surface area contributed by atoms with Gasteiger partial charge in [-0.2, -0.15) is 0 Å². The highest BCUT2D eigenvalue weighted by molar-refractivity contribution is 7.71. The van der Waals surface area contributed by atoms with E-state index in [-0.39, 0.29) is 5.82 Å². The number of hydrogen-bond acceptors (Lipinski definition) is 2. The molecule has 108 valence electrons. The van der Waals surface area contributed by atoms with Crippen LogP contribution in [0.3, 0.4) is 0 Å². The Kier molecular flexibility index (Phi) is 3.42. The van der Waals surface area contributed by atoms with Gasteiger partial charge in [0.15, 0.2) is 4.77 Å². The van der Waals surface area contributed by atoms with Crippen LogP contribution in [0.25, 0.3) is 11.0 Å². The number of aryl methyl sites for hydroxylation is 1. The lowest BCUT2D eigenvalue weighted by Gasteiger charge is -2.35. The van der Waals surface area contributed by atoms with Crippen LogP contribution >= 0.6 is 12.2 Å². The van der Waals surface area contributed by atoms with Gasteiger partial charge in [0.2, 0.25) is 0 Å². The normalized spacial score (nSPS) is 24.4. The minimum absolute atomic E-state index is 0.183. The summed E-state index contributed by atoms with van der Waals surface area (Å²) in [5.41, 5.74) is 2.49. The largest absolute Gasteiger partial charge is 0.330 e. The number of imidazole rings is 1. The number of hydrogen-bond donors (Lipinski definition) is 1. The molecule has 1 saturated heterocycles. The van der Waals surface area contributed by atoms with E-state index in [2.05, 4.69) is 28.4 Å². The van der Waals surface area contributed by atoms with Gasteiger partial charge in [0.05, 0.1) is 11.0 Å². The first kappa shape index (κ1) is 13.8. The summed E-state index contributed by atoms with van der Waals surface area (Å²) in [6, 6.07) is 3.84. The number of aromatic nitrogens is 2. The molecule has 0 aliphatic carbocycles. The quantitative estimate of drug-likeness (QED) is 0.811. The first-order valence-electron chi connectivity index (χ1n) is 7.06. The van der Waals surface area contributed by atoms with Gasteiger partial charge in [-0.25, -0.2) is 4.39 Å². The molecule has 20 heavy (non-hydrogen) atoms. The number of fused-ring (bicyclic) bond motifs is 1. The van der Waals surface area contributed by atoms with Crippen LogP contribution < -0.4 is 0 Å². The van der Waals surface area contributed by atoms with E-state index in [0.717, 1.165) is 30.5 Å². The molecule has 2 aromatic rings. The van der Waals surface area contributed by atoms with Crippen molar-refractivity contribution in [2.75, 3.05) is 20.1 Å². The summed E-state index contributed by atoms with van der Waals surface area (Å²) < 4.78 is 16.6. The van der Waals surface area contributed by atoms with Crippen LogP contribution in [-0.2, 0) is 0 Å². The van der Waals surface area contributed by atoms with Crippen molar-refractivity contribution in [2.24, 2.45) is 5.92 Å². The second-order valence-electron chi connectivity index (χ2n) is 6.01. The van der Waals surface area contributed by atoms with Gasteiger partial charge in [-0.05, 0) is 62.8 Å². The first-order chi connectivity index (χ1) is 9.47. The zero-order valence-corrected chi connectivity index (χ0v) is 12.9. The third-order valence-corrected chi connectivity index (χ3v) is 4.69. The van der Waals surface area contributed by atoms with Crippen molar-refractivity contribution in [2.45, 2.75) is 26.3 Å². The third kappa shape index (κ3) is 2.19. The summed E-state index contributed by atoms with van der Waals surface area (Å²) in [5.74, 6) is 0.349. The number of rotatable bonds is 1. The number of benzene rings is 1. The molecule has 0 bridgehead atoms. The van der Waals surface area contributed by atoms with Gasteiger partial charge in [-0.3, -0.25) is 0 Å². The van der Waals surface area contributed by atoms with Crippen LogP contribution in [-0.4, -0.2) is 34.6 Å². The molecule has 1 N–H and O–H groups in total. The maximum atomic E-state index is 13.7. The summed E-state index contributed by atoms with van der Waals surface area (Å²) in [6.07, 6.45) is 1.08. The molecule has 1 aromatic carbocycles. The summed E-state index contributed by atoms with van der Waals surface area (Å²) >= 11 is 5.47. The Balaban J connectivity index is 2.13. The Bertz CT molecular complexity index is 703. The summed E-state index contributed by atoms with van der Waals surface area (Å²) in [4.78, 5) is 5.50. The van der Waals surface area contributed by atoms with Crippen molar-refractivity contribution in [1.82, 2.24) is 14.5 Å². The minimum Gasteiger partial charge on any atom is -0.330 e. The summed E-state index contributed by atoms with van der Waals surface area (Å²) in [7, 11) is 2.15. The van der Waals surface area contributed by atoms with Crippen molar-refractivity contribution >= 4 is 23.3 Å². The van der Waals surface area contributed by atoms with Crippen LogP contribution in [0.1, 0.15) is 24.9 Å². The average molecular weight is 293 g/mol. The molecular formula is C15H20FN3S. The van der Waals surface area contributed by atoms with Crippen LogP contribution in [0.4, 0.5) is 4.39 Å². The molecule has 5 heteroatoms. The van der Waals surface area contributed by atoms with Crippen molar-refractivity contribution in [3.05, 3.63) is 28.3 Å². The van der Waals surface area contributed by atoms with E-state index < -0.39 is 0 Å². The summed E-state index contributed by atoms with van der Waals surface area (Å²) in [6.45, 7) is 6.20. The maximum absolute atomic E-state index is 13.7. The highest BCUT2D eigenvalue weighted by atomic mass is 32.1. The topological polar surface area (TPSA) is 24.0 Å². The fourth-order valence-electron chi connectivity index (χ4n) is 3.31. The molecular weight excluding hydrogens is 273 g/mol. The van der Waals surface area contributed by atoms with E-state index in [4.69, 9.17) is 12.2 Å². The number of likely N-dealkylation sites (tertiary alicyclic amines) is 1. The zero-order valence-electron chi connectivity index (χ0n) is 12.1. The van der Waals surface area contributed by atoms with Gasteiger partial charge in [0.25, 0.3) is 0 Å². The number of aromatic amines is 1. The molecule has 1 aromatic heterocycles. The number of nitrogens with zero attached hydrogens (tertiary/aromatic N) is 2. The van der Waals surface area contributed by atoms with Crippen molar-refractivity contribution < 1.29 is 4.39 Å². The van der Waals surface area contributed by atoms with Crippen molar-refractivity contribution in [3.8, 4) is 0 Å². The predicted octanol–water partition coefficient (Wildman–Crippen LogP) is 3.66. The first-order valence-corrected chi connectivity index (χ1v) is 7.47. The van der Waals surface area contributed by atoms with Crippen LogP contribution in [0, 0.1) is 23.4 Å². The fourth-order valence-corrected chi connectivity index (χ4v) is 3.65. The average Bonchev–Trinajstić information content (AvgIpc) is 2.66. The van der Waals surface area contributed by atoms with Crippen molar-refractivity contribution in [3.63, 3.8) is 0 Å². The van der Waals surface area contributed by atoms with Gasteiger partial charge in [-0.1, -0.05) is 6.92 Å². The van der Waals surface area contributed by atoms with E-state index in [1.165, 1.54) is 0 Å². The maximum Gasteiger partial charge on any atom is 0.178 e. The highest BCUT2D eigenvalue weighted by Gasteiger charge is 2.27. The molecule has 2 atom stereocenters. The number of nitrogens with one attached hydrogen (secondary N) is 1. The molecule has 2 heterocycles. The van der Waals surface area contributed by atoms with E-state index in [1.807, 2.05) is 6.07 Å².